The van der Waals surface area contributed by atoms with Crippen molar-refractivity contribution in [3.63, 3.8) is 0 Å². The summed E-state index contributed by atoms with van der Waals surface area (Å²) in [7, 11) is 0. The van der Waals surface area contributed by atoms with Crippen LogP contribution in [-0.2, 0) is 14.3 Å². The lowest BCUT2D eigenvalue weighted by Gasteiger charge is -2.37. The topological polar surface area (TPSA) is 87.5 Å². The van der Waals surface area contributed by atoms with E-state index in [1.807, 2.05) is 20.2 Å². The van der Waals surface area contributed by atoms with Gasteiger partial charge in [0, 0.05) is 18.4 Å². The van der Waals surface area contributed by atoms with Gasteiger partial charge in [0.25, 0.3) is 0 Å². The molecule has 200 valence electrons. The molecule has 0 bridgehead atoms. The average molecular weight is 492 g/mol. The number of aliphatic imine (C=N–C) groups is 2. The maximum absolute atomic E-state index is 12.3. The van der Waals surface area contributed by atoms with Gasteiger partial charge in [-0.15, -0.1) is 0 Å². The van der Waals surface area contributed by atoms with Crippen molar-refractivity contribution < 1.29 is 14.3 Å². The molecule has 0 saturated carbocycles. The van der Waals surface area contributed by atoms with Gasteiger partial charge in [-0.1, -0.05) is 73.1 Å². The molecule has 1 fully saturated rings. The molecule has 7 atom stereocenters. The zero-order valence-corrected chi connectivity index (χ0v) is 22.8. The van der Waals surface area contributed by atoms with Crippen LogP contribution in [0.2, 0.25) is 0 Å². The third-order valence-electron chi connectivity index (χ3n) is 7.61. The van der Waals surface area contributed by atoms with Crippen molar-refractivity contribution in [2.24, 2.45) is 21.8 Å². The first-order valence-corrected chi connectivity index (χ1v) is 14.1. The second-order valence-electron chi connectivity index (χ2n) is 10.7. The predicted octanol–water partition coefficient (Wildman–Crippen LogP) is 4.44. The van der Waals surface area contributed by atoms with E-state index in [0.717, 1.165) is 25.9 Å². The summed E-state index contributed by atoms with van der Waals surface area (Å²) in [6.45, 7) is 13.3. The largest absolute Gasteiger partial charge is 0.373 e. The van der Waals surface area contributed by atoms with Gasteiger partial charge in [0.05, 0.1) is 18.5 Å². The van der Waals surface area contributed by atoms with Gasteiger partial charge < -0.3 is 19.7 Å². The maximum Gasteiger partial charge on any atom is 0.229 e. The lowest BCUT2D eigenvalue weighted by molar-refractivity contribution is -0.122. The Labute approximate surface area is 212 Å². The SMILES string of the molecule is CCCCCCCCCO[C@H]1C(CC)[C@@H](CC)O[C@H]1N1C=NC2C(C)NC(NC(=O)C(C)C)=NC21. The summed E-state index contributed by atoms with van der Waals surface area (Å²) in [5.41, 5.74) is 0. The fourth-order valence-corrected chi connectivity index (χ4v) is 5.42. The Hall–Kier alpha value is -1.67. The number of amides is 1. The Balaban J connectivity index is 1.66. The molecule has 0 aromatic rings. The molecule has 0 aromatic carbocycles. The van der Waals surface area contributed by atoms with Gasteiger partial charge in [-0.05, 0) is 26.2 Å². The Morgan fingerprint density at radius 1 is 1.14 bits per heavy atom. The highest BCUT2D eigenvalue weighted by atomic mass is 16.6. The first-order valence-electron chi connectivity index (χ1n) is 14.1. The molecule has 0 spiro atoms. The van der Waals surface area contributed by atoms with E-state index < -0.39 is 0 Å². The summed E-state index contributed by atoms with van der Waals surface area (Å²) in [5, 5.41) is 6.24. The van der Waals surface area contributed by atoms with Crippen LogP contribution in [0, 0.1) is 11.8 Å². The number of guanidine groups is 1. The molecule has 8 nitrogen and oxygen atoms in total. The molecular formula is C27H49N5O3. The minimum absolute atomic E-state index is 0.00987. The standard InChI is InChI=1S/C27H49N5O3/c1-7-10-11-12-13-14-15-16-34-23-20(8-2)21(9-3)35-26(23)32-17-28-22-19(6)29-27(30-24(22)32)31-25(33)18(4)5/h17-24,26H,7-16H2,1-6H3,(H2,29,30,31,33)/t19?,20?,21-,22?,23+,24?,26-/m1/s1. The summed E-state index contributed by atoms with van der Waals surface area (Å²) in [6, 6.07) is 0.0291. The first kappa shape index (κ1) is 27.9. The molecule has 4 unspecified atom stereocenters. The van der Waals surface area contributed by atoms with E-state index in [0.29, 0.717) is 11.9 Å². The Morgan fingerprint density at radius 2 is 1.86 bits per heavy atom. The number of unbranched alkanes of at least 4 members (excludes halogenated alkanes) is 6. The third-order valence-corrected chi connectivity index (χ3v) is 7.61. The molecule has 0 aliphatic carbocycles. The van der Waals surface area contributed by atoms with E-state index >= 15 is 0 Å². The van der Waals surface area contributed by atoms with Crippen LogP contribution in [0.15, 0.2) is 9.98 Å². The van der Waals surface area contributed by atoms with Gasteiger partial charge in [0.2, 0.25) is 5.91 Å². The van der Waals surface area contributed by atoms with Crippen molar-refractivity contribution in [1.29, 1.82) is 0 Å². The number of fused-ring (bicyclic) bond motifs is 1. The summed E-state index contributed by atoms with van der Waals surface area (Å²) in [4.78, 5) is 24.1. The van der Waals surface area contributed by atoms with Crippen LogP contribution < -0.4 is 10.6 Å². The first-order chi connectivity index (χ1) is 16.9. The van der Waals surface area contributed by atoms with Crippen LogP contribution in [0.25, 0.3) is 0 Å². The fourth-order valence-electron chi connectivity index (χ4n) is 5.42. The van der Waals surface area contributed by atoms with Crippen LogP contribution in [0.3, 0.4) is 0 Å². The fraction of sp³-hybridized carbons (Fsp3) is 0.889. The Bertz CT molecular complexity index is 728. The molecule has 1 amide bonds. The number of hydrogen-bond acceptors (Lipinski definition) is 7. The van der Waals surface area contributed by atoms with Crippen LogP contribution in [0.5, 0.6) is 0 Å². The minimum Gasteiger partial charge on any atom is -0.373 e. The zero-order chi connectivity index (χ0) is 25.4. The minimum atomic E-state index is -0.218. The molecule has 0 radical (unpaired) electrons. The molecule has 3 aliphatic rings. The van der Waals surface area contributed by atoms with E-state index in [4.69, 9.17) is 19.5 Å². The summed E-state index contributed by atoms with van der Waals surface area (Å²) < 4.78 is 13.2. The second kappa shape index (κ2) is 13.6. The number of carbonyl (C=O) groups is 1. The van der Waals surface area contributed by atoms with Gasteiger partial charge >= 0.3 is 0 Å². The Kier molecular flexibility index (Phi) is 10.8. The van der Waals surface area contributed by atoms with Crippen molar-refractivity contribution >= 4 is 18.2 Å². The molecule has 2 N–H and O–H groups in total. The second-order valence-corrected chi connectivity index (χ2v) is 10.7. The predicted molar refractivity (Wildman–Crippen MR) is 141 cm³/mol. The highest BCUT2D eigenvalue weighted by Gasteiger charge is 2.51. The van der Waals surface area contributed by atoms with Gasteiger partial charge in [-0.3, -0.25) is 15.1 Å². The molecule has 3 heterocycles. The molecular weight excluding hydrogens is 442 g/mol. The van der Waals surface area contributed by atoms with Gasteiger partial charge in [-0.25, -0.2) is 4.99 Å². The van der Waals surface area contributed by atoms with E-state index in [1.165, 1.54) is 38.5 Å². The smallest absolute Gasteiger partial charge is 0.229 e. The third kappa shape index (κ3) is 6.97. The van der Waals surface area contributed by atoms with Crippen LogP contribution in [0.1, 0.15) is 99.3 Å². The number of carbonyl (C=O) groups excluding carboxylic acids is 1. The van der Waals surface area contributed by atoms with E-state index in [9.17, 15) is 4.79 Å². The number of nitrogens with one attached hydrogen (secondary N) is 2. The van der Waals surface area contributed by atoms with Gasteiger partial charge in [-0.2, -0.15) is 0 Å². The summed E-state index contributed by atoms with van der Waals surface area (Å²) >= 11 is 0. The lowest BCUT2D eigenvalue weighted by Crippen LogP contribution is -2.59. The highest BCUT2D eigenvalue weighted by molar-refractivity contribution is 5.98. The number of nitrogens with zero attached hydrogens (tertiary/aromatic N) is 3. The number of rotatable bonds is 13. The maximum atomic E-state index is 12.3. The molecule has 3 rings (SSSR count). The number of hydrogen-bond donors (Lipinski definition) is 2. The monoisotopic (exact) mass is 491 g/mol. The van der Waals surface area contributed by atoms with Crippen LogP contribution in [0.4, 0.5) is 0 Å². The van der Waals surface area contributed by atoms with Crippen molar-refractivity contribution in [1.82, 2.24) is 15.5 Å². The summed E-state index contributed by atoms with van der Waals surface area (Å²) in [6.07, 6.45) is 12.5. The van der Waals surface area contributed by atoms with Gasteiger partial charge in [0.1, 0.15) is 12.1 Å². The van der Waals surface area contributed by atoms with E-state index in [2.05, 4.69) is 43.2 Å². The van der Waals surface area contributed by atoms with Crippen molar-refractivity contribution in [2.45, 2.75) is 136 Å². The van der Waals surface area contributed by atoms with Gasteiger partial charge in [0.15, 0.2) is 18.4 Å². The molecule has 1 saturated heterocycles. The van der Waals surface area contributed by atoms with Crippen molar-refractivity contribution in [2.75, 3.05) is 6.61 Å². The van der Waals surface area contributed by atoms with E-state index in [-0.39, 0.29) is 48.5 Å². The van der Waals surface area contributed by atoms with Crippen molar-refractivity contribution in [3.8, 4) is 0 Å². The molecule has 0 aromatic heterocycles. The number of ether oxygens (including phenoxy) is 2. The normalized spacial score (nSPS) is 32.0. The summed E-state index contributed by atoms with van der Waals surface area (Å²) in [5.74, 6) is 0.718. The quantitative estimate of drug-likeness (QED) is 0.372. The molecule has 8 heteroatoms. The zero-order valence-electron chi connectivity index (χ0n) is 22.8. The van der Waals surface area contributed by atoms with Crippen molar-refractivity contribution in [3.05, 3.63) is 0 Å². The van der Waals surface area contributed by atoms with Crippen LogP contribution >= 0.6 is 0 Å². The average Bonchev–Trinajstić information content (AvgIpc) is 3.41. The highest BCUT2D eigenvalue weighted by Crippen LogP contribution is 2.38. The van der Waals surface area contributed by atoms with E-state index in [1.54, 1.807) is 0 Å². The molecule has 3 aliphatic heterocycles. The van der Waals surface area contributed by atoms with Crippen LogP contribution in [-0.4, -0.2) is 66.4 Å². The lowest BCUT2D eigenvalue weighted by atomic mass is 9.93. The Morgan fingerprint density at radius 3 is 2.51 bits per heavy atom. The molecule has 35 heavy (non-hydrogen) atoms.